The van der Waals surface area contributed by atoms with Crippen LogP contribution in [-0.2, 0) is 32.5 Å². The molecule has 0 saturated heterocycles. The smallest absolute Gasteiger partial charge is 0.699 e. The van der Waals surface area contributed by atoms with Gasteiger partial charge in [-0.3, -0.25) is 4.55 Å². The molecule has 0 aliphatic rings. The molecule has 1 rings (SSSR count). The Labute approximate surface area is 86.0 Å². The van der Waals surface area contributed by atoms with Gasteiger partial charge in [0.1, 0.15) is 0 Å². The van der Waals surface area contributed by atoms with Crippen LogP contribution < -0.4 is 0 Å². The van der Waals surface area contributed by atoms with Gasteiger partial charge in [-0.25, -0.2) is 0 Å². The van der Waals surface area contributed by atoms with Crippen LogP contribution in [0.15, 0.2) is 29.2 Å². The van der Waals surface area contributed by atoms with Crippen LogP contribution in [0, 0.1) is 0 Å². The Kier molecular flexibility index (Phi) is 3.95. The van der Waals surface area contributed by atoms with E-state index in [4.69, 9.17) is 10.3 Å². The molecule has 70 valence electrons. The Morgan fingerprint density at radius 2 is 1.92 bits per heavy atom. The van der Waals surface area contributed by atoms with Crippen LogP contribution in [0.3, 0.4) is 0 Å². The van der Waals surface area contributed by atoms with Gasteiger partial charge in [-0.15, -0.1) is 5.69 Å². The molecule has 1 aromatic rings. The van der Waals surface area contributed by atoms with E-state index in [2.05, 4.69) is 0 Å². The van der Waals surface area contributed by atoms with Crippen LogP contribution in [0.2, 0.25) is 0 Å². The Balaban J connectivity index is 0.00000121. The Morgan fingerprint density at radius 3 is 2.25 bits per heavy atom. The molecule has 0 fully saturated rings. The maximum atomic E-state index is 10.5. The van der Waals surface area contributed by atoms with Crippen molar-refractivity contribution in [2.45, 2.75) is 4.90 Å². The molecular weight excluding hydrogens is 363 g/mol. The van der Waals surface area contributed by atoms with Gasteiger partial charge in [-0.1, -0.05) is 18.2 Å². The second kappa shape index (κ2) is 4.06. The summed E-state index contributed by atoms with van der Waals surface area (Å²) in [6, 6.07) is 5.13. The van der Waals surface area contributed by atoms with Gasteiger partial charge in [-0.05, 0) is 6.07 Å². The zero-order valence-corrected chi connectivity index (χ0v) is 8.77. The van der Waals surface area contributed by atoms with E-state index in [-0.39, 0.29) is 33.0 Å². The molecule has 12 heavy (non-hydrogen) atoms. The molecule has 0 aromatic heterocycles. The monoisotopic (exact) mass is 369 g/mol. The van der Waals surface area contributed by atoms with Crippen molar-refractivity contribution in [2.24, 2.45) is 0 Å². The summed E-state index contributed by atoms with van der Waals surface area (Å²) >= 11 is 0. The first kappa shape index (κ1) is 11.7. The fraction of sp³-hybridized carbons (Fsp3) is 0. The van der Waals surface area contributed by atoms with Crippen LogP contribution in [0.4, 0.5) is 5.69 Å². The van der Waals surface area contributed by atoms with Crippen molar-refractivity contribution < 1.29 is 35.4 Å². The summed E-state index contributed by atoms with van der Waals surface area (Å²) in [5.74, 6) is 0. The van der Waals surface area contributed by atoms with Crippen molar-refractivity contribution in [3.63, 3.8) is 0 Å². The van der Waals surface area contributed by atoms with Crippen LogP contribution in [0.25, 0.3) is 5.73 Å². The van der Waals surface area contributed by atoms with Gasteiger partial charge < -0.3 is 5.73 Å². The van der Waals surface area contributed by atoms with Gasteiger partial charge in [0.2, 0.25) is 0 Å². The first-order valence-electron chi connectivity index (χ1n) is 2.79. The third-order valence-corrected chi connectivity index (χ3v) is 1.98. The normalized spacial score (nSPS) is 10.4. The molecule has 0 unspecified atom stereocenters. The van der Waals surface area contributed by atoms with Crippen LogP contribution in [0.1, 0.15) is 0 Å². The molecule has 0 radical (unpaired) electrons. The predicted octanol–water partition coefficient (Wildman–Crippen LogP) is 1.61. The van der Waals surface area contributed by atoms with E-state index in [0.29, 0.717) is 0 Å². The zero-order chi connectivity index (χ0) is 8.48. The molecule has 0 spiro atoms. The molecule has 2 N–H and O–H groups in total. The van der Waals surface area contributed by atoms with Crippen LogP contribution in [0.5, 0.6) is 0 Å². The Bertz CT molecular complexity index is 363. The van der Waals surface area contributed by atoms with E-state index >= 15 is 0 Å². The average molecular weight is 369 g/mol. The Morgan fingerprint density at radius 1 is 1.33 bits per heavy atom. The maximum absolute atomic E-state index is 10.5. The van der Waals surface area contributed by atoms with E-state index < -0.39 is 10.1 Å². The minimum atomic E-state index is -4.15. The van der Waals surface area contributed by atoms with E-state index in [9.17, 15) is 8.42 Å². The molecule has 0 atom stereocenters. The van der Waals surface area contributed by atoms with Gasteiger partial charge in [0, 0.05) is 0 Å². The van der Waals surface area contributed by atoms with Crippen molar-refractivity contribution in [2.75, 3.05) is 0 Å². The van der Waals surface area contributed by atoms with Gasteiger partial charge in [0.15, 0.2) is 0 Å². The zero-order valence-electron chi connectivity index (χ0n) is 5.78. The molecule has 0 heterocycles. The standard InChI is InChI=1S/C6H6NO3S.Au/c7-5-2-1-3-6(4-5)11(8,9)10;/h1-4,7H,(H,8,9,10);/q-1;+1. The molecule has 0 saturated carbocycles. The molecule has 0 bridgehead atoms. The van der Waals surface area contributed by atoms with E-state index in [1.165, 1.54) is 18.2 Å². The Hall–Kier alpha value is -0.330. The van der Waals surface area contributed by atoms with Crippen LogP contribution in [-0.4, -0.2) is 13.0 Å². The fourth-order valence-corrected chi connectivity index (χ4v) is 1.18. The number of nitrogens with one attached hydrogen (secondary N) is 1. The summed E-state index contributed by atoms with van der Waals surface area (Å²) in [5.41, 5.74) is 7.10. The molecule has 1 aromatic carbocycles. The second-order valence-corrected chi connectivity index (χ2v) is 3.42. The van der Waals surface area contributed by atoms with E-state index in [0.717, 1.165) is 6.07 Å². The summed E-state index contributed by atoms with van der Waals surface area (Å²) in [6.45, 7) is 0. The van der Waals surface area contributed by atoms with Crippen molar-refractivity contribution in [3.8, 4) is 0 Å². The minimum Gasteiger partial charge on any atom is -0.699 e. The number of hydrogen-bond acceptors (Lipinski definition) is 2. The summed E-state index contributed by atoms with van der Waals surface area (Å²) < 4.78 is 29.4. The van der Waals surface area contributed by atoms with Crippen LogP contribution >= 0.6 is 0 Å². The largest absolute Gasteiger partial charge is 1.00 e. The van der Waals surface area contributed by atoms with Gasteiger partial charge in [0.25, 0.3) is 10.1 Å². The number of benzene rings is 1. The fourth-order valence-electron chi connectivity index (χ4n) is 0.657. The van der Waals surface area contributed by atoms with Gasteiger partial charge >= 0.3 is 22.4 Å². The molecule has 0 aliphatic carbocycles. The van der Waals surface area contributed by atoms with Crippen molar-refractivity contribution >= 4 is 15.8 Å². The first-order valence-corrected chi connectivity index (χ1v) is 4.23. The summed E-state index contributed by atoms with van der Waals surface area (Å²) in [5, 5.41) is 0. The van der Waals surface area contributed by atoms with Crippen molar-refractivity contribution in [3.05, 3.63) is 30.0 Å². The predicted molar refractivity (Wildman–Crippen MR) is 40.2 cm³/mol. The number of rotatable bonds is 1. The third kappa shape index (κ3) is 2.96. The van der Waals surface area contributed by atoms with E-state index in [1.54, 1.807) is 0 Å². The van der Waals surface area contributed by atoms with Crippen molar-refractivity contribution in [1.29, 1.82) is 0 Å². The average Bonchev–Trinajstić information content (AvgIpc) is 1.86. The topological polar surface area (TPSA) is 78.2 Å². The summed E-state index contributed by atoms with van der Waals surface area (Å²) in [7, 11) is -4.15. The molecular formula is C6H6AuNO3S. The SMILES string of the molecule is [Au+].[NH-]c1cccc(S(=O)(=O)O)c1. The summed E-state index contributed by atoms with van der Waals surface area (Å²) in [4.78, 5) is -0.245. The van der Waals surface area contributed by atoms with Gasteiger partial charge in [0.05, 0.1) is 4.90 Å². The molecule has 4 nitrogen and oxygen atoms in total. The quantitative estimate of drug-likeness (QED) is 0.604. The third-order valence-electron chi connectivity index (χ3n) is 1.13. The first-order chi connectivity index (χ1) is 5.00. The van der Waals surface area contributed by atoms with Gasteiger partial charge in [-0.2, -0.15) is 8.42 Å². The molecule has 6 heteroatoms. The summed E-state index contributed by atoms with van der Waals surface area (Å²) in [6.07, 6.45) is 0. The molecule has 0 aliphatic heterocycles. The molecule has 0 amide bonds. The minimum absolute atomic E-state index is 0. The number of hydrogen-bond donors (Lipinski definition) is 1. The van der Waals surface area contributed by atoms with Crippen molar-refractivity contribution in [1.82, 2.24) is 0 Å². The van der Waals surface area contributed by atoms with E-state index in [1.807, 2.05) is 0 Å². The maximum Gasteiger partial charge on any atom is 1.00 e. The second-order valence-electron chi connectivity index (χ2n) is 2.00.